The smallest absolute Gasteiger partial charge is 0.409 e. The summed E-state index contributed by atoms with van der Waals surface area (Å²) in [5.74, 6) is 2.97. The van der Waals surface area contributed by atoms with Crippen molar-refractivity contribution < 1.29 is 9.53 Å². The predicted molar refractivity (Wildman–Crippen MR) is 96.9 cm³/mol. The predicted octanol–water partition coefficient (Wildman–Crippen LogP) is 2.48. The van der Waals surface area contributed by atoms with Crippen LogP contribution in [0.25, 0.3) is 0 Å². The third-order valence-electron chi connectivity index (χ3n) is 5.00. The van der Waals surface area contributed by atoms with Crippen molar-refractivity contribution in [1.29, 1.82) is 0 Å². The van der Waals surface area contributed by atoms with Crippen molar-refractivity contribution in [2.75, 3.05) is 19.7 Å². The van der Waals surface area contributed by atoms with Crippen molar-refractivity contribution in [3.8, 4) is 0 Å². The number of aromatic nitrogens is 5. The molecule has 142 valence electrons. The minimum Gasteiger partial charge on any atom is -0.449 e. The number of amides is 1. The third kappa shape index (κ3) is 4.05. The van der Waals surface area contributed by atoms with E-state index in [1.54, 1.807) is 11.1 Å². The normalized spacial score (nSPS) is 17.5. The second-order valence-corrected chi connectivity index (χ2v) is 6.89. The highest BCUT2D eigenvalue weighted by molar-refractivity contribution is 5.67. The summed E-state index contributed by atoms with van der Waals surface area (Å²) in [6, 6.07) is 0. The van der Waals surface area contributed by atoms with Gasteiger partial charge in [-0.15, -0.1) is 10.2 Å². The lowest BCUT2D eigenvalue weighted by Crippen LogP contribution is -2.40. The maximum Gasteiger partial charge on any atom is 0.409 e. The van der Waals surface area contributed by atoms with Gasteiger partial charge in [-0.3, -0.25) is 0 Å². The zero-order valence-corrected chi connectivity index (χ0v) is 15.9. The molecular formula is C18H28N6O2. The number of imidazole rings is 1. The number of nitrogens with zero attached hydrogens (tertiary/aromatic N) is 6. The average molecular weight is 360 g/mol. The minimum absolute atomic E-state index is 0.192. The fraction of sp³-hybridized carbons (Fsp3) is 0.667. The van der Waals surface area contributed by atoms with Gasteiger partial charge in [0, 0.05) is 38.4 Å². The molecule has 1 atom stereocenters. The summed E-state index contributed by atoms with van der Waals surface area (Å²) in [5.41, 5.74) is 0. The van der Waals surface area contributed by atoms with Gasteiger partial charge in [0.2, 0.25) is 0 Å². The molecule has 0 spiro atoms. The molecule has 1 aliphatic heterocycles. The number of likely N-dealkylation sites (tertiary alicyclic amines) is 1. The van der Waals surface area contributed by atoms with Crippen LogP contribution in [0, 0.1) is 6.92 Å². The van der Waals surface area contributed by atoms with E-state index >= 15 is 0 Å². The molecule has 0 radical (unpaired) electrons. The van der Waals surface area contributed by atoms with Crippen LogP contribution in [-0.2, 0) is 18.3 Å². The van der Waals surface area contributed by atoms with E-state index in [-0.39, 0.29) is 12.0 Å². The number of unbranched alkanes of at least 4 members (excludes halogenated alkanes) is 1. The Morgan fingerprint density at radius 3 is 2.96 bits per heavy atom. The average Bonchev–Trinajstić information content (AvgIpc) is 3.22. The largest absolute Gasteiger partial charge is 0.449 e. The molecular weight excluding hydrogens is 332 g/mol. The van der Waals surface area contributed by atoms with Gasteiger partial charge < -0.3 is 18.8 Å². The summed E-state index contributed by atoms with van der Waals surface area (Å²) >= 11 is 0. The number of rotatable bonds is 6. The number of carbonyl (C=O) groups excluding carboxylic acids is 1. The number of ether oxygens (including phenoxy) is 1. The molecule has 8 heteroatoms. The molecule has 1 aliphatic rings. The molecule has 2 aromatic rings. The Morgan fingerprint density at radius 1 is 1.38 bits per heavy atom. The zero-order valence-electron chi connectivity index (χ0n) is 15.9. The molecule has 3 rings (SSSR count). The number of aryl methyl sites for hydroxylation is 1. The van der Waals surface area contributed by atoms with Crippen LogP contribution in [0.3, 0.4) is 0 Å². The molecule has 26 heavy (non-hydrogen) atoms. The van der Waals surface area contributed by atoms with E-state index in [4.69, 9.17) is 4.74 Å². The molecule has 1 saturated heterocycles. The Balaban J connectivity index is 1.65. The van der Waals surface area contributed by atoms with Gasteiger partial charge in [0.1, 0.15) is 11.6 Å². The molecule has 8 nitrogen and oxygen atoms in total. The van der Waals surface area contributed by atoms with Gasteiger partial charge in [0.15, 0.2) is 5.82 Å². The Kier molecular flexibility index (Phi) is 5.90. The summed E-state index contributed by atoms with van der Waals surface area (Å²) in [4.78, 5) is 18.3. The molecule has 1 amide bonds. The Labute approximate surface area is 154 Å². The first-order valence-electron chi connectivity index (χ1n) is 9.37. The van der Waals surface area contributed by atoms with E-state index in [9.17, 15) is 4.79 Å². The summed E-state index contributed by atoms with van der Waals surface area (Å²) in [6.45, 7) is 6.59. The van der Waals surface area contributed by atoms with Crippen LogP contribution in [-0.4, -0.2) is 55.0 Å². The third-order valence-corrected chi connectivity index (χ3v) is 5.00. The molecule has 0 N–H and O–H groups in total. The van der Waals surface area contributed by atoms with Crippen molar-refractivity contribution in [1.82, 2.24) is 29.2 Å². The van der Waals surface area contributed by atoms with Crippen molar-refractivity contribution >= 4 is 6.09 Å². The number of hydrogen-bond acceptors (Lipinski definition) is 5. The maximum absolute atomic E-state index is 12.2. The van der Waals surface area contributed by atoms with E-state index in [1.807, 2.05) is 24.7 Å². The van der Waals surface area contributed by atoms with Crippen LogP contribution in [0.5, 0.6) is 0 Å². The maximum atomic E-state index is 12.2. The van der Waals surface area contributed by atoms with Gasteiger partial charge >= 0.3 is 6.09 Å². The molecule has 0 unspecified atom stereocenters. The standard InChI is InChI=1S/C18H28N6O2/c1-4-5-11-26-18(25)24-9-6-7-15(12-24)17-21-20-16(22(17)3)13-23-10-8-19-14(23)2/h8,10,15H,4-7,9,11-13H2,1-3H3/t15-/m0/s1. The molecule has 2 aromatic heterocycles. The summed E-state index contributed by atoms with van der Waals surface area (Å²) in [6.07, 6.45) is 7.41. The lowest BCUT2D eigenvalue weighted by atomic mass is 9.97. The lowest BCUT2D eigenvalue weighted by molar-refractivity contribution is 0.0896. The van der Waals surface area contributed by atoms with E-state index in [1.165, 1.54) is 0 Å². The first kappa shape index (κ1) is 18.4. The SMILES string of the molecule is CCCCOC(=O)N1CCC[C@H](c2nnc(Cn3ccnc3C)n2C)C1. The molecule has 3 heterocycles. The van der Waals surface area contributed by atoms with Crippen molar-refractivity contribution in [2.24, 2.45) is 7.05 Å². The fourth-order valence-corrected chi connectivity index (χ4v) is 3.34. The van der Waals surface area contributed by atoms with Crippen LogP contribution in [0.1, 0.15) is 56.0 Å². The topological polar surface area (TPSA) is 78.1 Å². The van der Waals surface area contributed by atoms with Crippen LogP contribution >= 0.6 is 0 Å². The van der Waals surface area contributed by atoms with Gasteiger partial charge in [-0.1, -0.05) is 13.3 Å². The molecule has 1 fully saturated rings. The number of carbonyl (C=O) groups is 1. The summed E-state index contributed by atoms with van der Waals surface area (Å²) < 4.78 is 9.46. The van der Waals surface area contributed by atoms with E-state index in [0.29, 0.717) is 19.7 Å². The van der Waals surface area contributed by atoms with Gasteiger partial charge in [0.25, 0.3) is 0 Å². The molecule has 0 saturated carbocycles. The molecule has 0 aromatic carbocycles. The second-order valence-electron chi connectivity index (χ2n) is 6.89. The second kappa shape index (κ2) is 8.33. The van der Waals surface area contributed by atoms with E-state index in [2.05, 4.69) is 26.7 Å². The van der Waals surface area contributed by atoms with E-state index in [0.717, 1.165) is 49.7 Å². The first-order valence-corrected chi connectivity index (χ1v) is 9.37. The van der Waals surface area contributed by atoms with Crippen molar-refractivity contribution in [2.45, 2.75) is 52.0 Å². The van der Waals surface area contributed by atoms with Crippen molar-refractivity contribution in [3.05, 3.63) is 29.9 Å². The lowest BCUT2D eigenvalue weighted by Gasteiger charge is -2.31. The van der Waals surface area contributed by atoms with Crippen LogP contribution in [0.15, 0.2) is 12.4 Å². The fourth-order valence-electron chi connectivity index (χ4n) is 3.34. The molecule has 0 aliphatic carbocycles. The Bertz CT molecular complexity index is 738. The van der Waals surface area contributed by atoms with Gasteiger partial charge in [-0.25, -0.2) is 9.78 Å². The van der Waals surface area contributed by atoms with Gasteiger partial charge in [0.05, 0.1) is 13.2 Å². The molecule has 0 bridgehead atoms. The van der Waals surface area contributed by atoms with Crippen LogP contribution in [0.2, 0.25) is 0 Å². The first-order chi connectivity index (χ1) is 12.6. The Hall–Kier alpha value is -2.38. The monoisotopic (exact) mass is 360 g/mol. The highest BCUT2D eigenvalue weighted by Gasteiger charge is 2.29. The van der Waals surface area contributed by atoms with Crippen LogP contribution < -0.4 is 0 Å². The van der Waals surface area contributed by atoms with Crippen molar-refractivity contribution in [3.63, 3.8) is 0 Å². The zero-order chi connectivity index (χ0) is 18.5. The number of piperidine rings is 1. The summed E-state index contributed by atoms with van der Waals surface area (Å²) in [7, 11) is 2.00. The minimum atomic E-state index is -0.209. The Morgan fingerprint density at radius 2 is 2.23 bits per heavy atom. The highest BCUT2D eigenvalue weighted by atomic mass is 16.6. The highest BCUT2D eigenvalue weighted by Crippen LogP contribution is 2.26. The quantitative estimate of drug-likeness (QED) is 0.740. The van der Waals surface area contributed by atoms with E-state index < -0.39 is 0 Å². The number of hydrogen-bond donors (Lipinski definition) is 0. The van der Waals surface area contributed by atoms with Gasteiger partial charge in [-0.2, -0.15) is 0 Å². The summed E-state index contributed by atoms with van der Waals surface area (Å²) in [5, 5.41) is 8.79. The van der Waals surface area contributed by atoms with Gasteiger partial charge in [-0.05, 0) is 26.2 Å². The van der Waals surface area contributed by atoms with Crippen LogP contribution in [0.4, 0.5) is 4.79 Å².